The molecule has 0 atom stereocenters. The van der Waals surface area contributed by atoms with Crippen LogP contribution in [-0.2, 0) is 13.0 Å². The predicted octanol–water partition coefficient (Wildman–Crippen LogP) is 3.97. The van der Waals surface area contributed by atoms with Crippen LogP contribution in [-0.4, -0.2) is 25.5 Å². The minimum absolute atomic E-state index is 0.182. The van der Waals surface area contributed by atoms with Gasteiger partial charge in [-0.25, -0.2) is 4.39 Å². The molecule has 0 aromatic heterocycles. The lowest BCUT2D eigenvalue weighted by Crippen LogP contribution is -2.28. The van der Waals surface area contributed by atoms with Crippen molar-refractivity contribution in [1.82, 2.24) is 5.32 Å². The monoisotopic (exact) mass is 404 g/mol. The predicted molar refractivity (Wildman–Crippen MR) is 112 cm³/mol. The van der Waals surface area contributed by atoms with Crippen LogP contribution in [0, 0.1) is 5.82 Å². The molecule has 1 aliphatic heterocycles. The molecule has 2 amide bonds. The van der Waals surface area contributed by atoms with Crippen LogP contribution >= 0.6 is 0 Å². The van der Waals surface area contributed by atoms with Crippen molar-refractivity contribution in [1.29, 1.82) is 0 Å². The van der Waals surface area contributed by atoms with Gasteiger partial charge in [0.1, 0.15) is 11.6 Å². The zero-order chi connectivity index (χ0) is 21.1. The average molecular weight is 404 g/mol. The van der Waals surface area contributed by atoms with Gasteiger partial charge < -0.3 is 15.0 Å². The molecule has 0 bridgehead atoms. The second-order valence-electron chi connectivity index (χ2n) is 7.05. The van der Waals surface area contributed by atoms with E-state index in [-0.39, 0.29) is 17.6 Å². The molecule has 0 saturated heterocycles. The lowest BCUT2D eigenvalue weighted by molar-refractivity contribution is 0.0948. The van der Waals surface area contributed by atoms with E-state index in [0.29, 0.717) is 30.6 Å². The van der Waals surface area contributed by atoms with Crippen LogP contribution in [0.4, 0.5) is 10.1 Å². The number of hydrogen-bond donors (Lipinski definition) is 1. The van der Waals surface area contributed by atoms with Crippen molar-refractivity contribution in [2.75, 3.05) is 18.6 Å². The molecule has 1 heterocycles. The Morgan fingerprint density at radius 2 is 1.77 bits per heavy atom. The Morgan fingerprint density at radius 1 is 1.03 bits per heavy atom. The third kappa shape index (κ3) is 3.89. The first kappa shape index (κ1) is 19.6. The Bertz CT molecular complexity index is 1080. The largest absolute Gasteiger partial charge is 0.497 e. The number of hydrogen-bond acceptors (Lipinski definition) is 3. The van der Waals surface area contributed by atoms with Gasteiger partial charge in [-0.15, -0.1) is 0 Å². The Labute approximate surface area is 174 Å². The number of methoxy groups -OCH3 is 1. The van der Waals surface area contributed by atoms with E-state index in [1.807, 2.05) is 30.3 Å². The smallest absolute Gasteiger partial charge is 0.258 e. The minimum Gasteiger partial charge on any atom is -0.497 e. The number of fused-ring (bicyclic) bond motifs is 1. The SMILES string of the molecule is COc1ccc(CNC(=O)c2cccc3c2CCN3C(=O)c2ccc(F)cc2)cc1. The number of benzene rings is 3. The van der Waals surface area contributed by atoms with Gasteiger partial charge in [0, 0.05) is 29.9 Å². The standard InChI is InChI=1S/C24H21FN2O3/c1-30-19-11-5-16(6-12-19)15-26-23(28)21-3-2-4-22-20(21)13-14-27(22)24(29)17-7-9-18(25)10-8-17/h2-12H,13-15H2,1H3,(H,26,28). The second kappa shape index (κ2) is 8.37. The van der Waals surface area contributed by atoms with Crippen LogP contribution in [0.15, 0.2) is 66.7 Å². The highest BCUT2D eigenvalue weighted by Gasteiger charge is 2.28. The van der Waals surface area contributed by atoms with E-state index in [1.165, 1.54) is 24.3 Å². The number of ether oxygens (including phenoxy) is 1. The van der Waals surface area contributed by atoms with Crippen molar-refractivity contribution in [2.45, 2.75) is 13.0 Å². The Kier molecular flexibility index (Phi) is 5.48. The highest BCUT2D eigenvalue weighted by molar-refractivity contribution is 6.08. The van der Waals surface area contributed by atoms with Gasteiger partial charge in [0.2, 0.25) is 0 Å². The average Bonchev–Trinajstić information content (AvgIpc) is 3.22. The third-order valence-corrected chi connectivity index (χ3v) is 5.22. The number of nitrogens with one attached hydrogen (secondary N) is 1. The number of nitrogens with zero attached hydrogens (tertiary/aromatic N) is 1. The summed E-state index contributed by atoms with van der Waals surface area (Å²) in [6.45, 7) is 0.874. The molecule has 1 N–H and O–H groups in total. The maximum absolute atomic E-state index is 13.2. The van der Waals surface area contributed by atoms with Gasteiger partial charge in [-0.2, -0.15) is 0 Å². The molecule has 5 nitrogen and oxygen atoms in total. The Balaban J connectivity index is 1.50. The van der Waals surface area contributed by atoms with E-state index in [0.717, 1.165) is 22.6 Å². The molecule has 152 valence electrons. The van der Waals surface area contributed by atoms with Crippen molar-refractivity contribution < 1.29 is 18.7 Å². The van der Waals surface area contributed by atoms with Crippen molar-refractivity contribution in [3.05, 3.63) is 94.8 Å². The van der Waals surface area contributed by atoms with Crippen LogP contribution < -0.4 is 15.0 Å². The molecule has 30 heavy (non-hydrogen) atoms. The zero-order valence-corrected chi connectivity index (χ0v) is 16.5. The summed E-state index contributed by atoms with van der Waals surface area (Å²) in [7, 11) is 1.61. The van der Waals surface area contributed by atoms with Crippen LogP contribution in [0.1, 0.15) is 31.8 Å². The molecule has 0 fully saturated rings. The fourth-order valence-electron chi connectivity index (χ4n) is 3.63. The van der Waals surface area contributed by atoms with Crippen molar-refractivity contribution >= 4 is 17.5 Å². The van der Waals surface area contributed by atoms with Crippen LogP contribution in [0.25, 0.3) is 0 Å². The van der Waals surface area contributed by atoms with E-state index >= 15 is 0 Å². The molecule has 6 heteroatoms. The van der Waals surface area contributed by atoms with E-state index in [9.17, 15) is 14.0 Å². The highest BCUT2D eigenvalue weighted by atomic mass is 19.1. The molecule has 4 rings (SSSR count). The van der Waals surface area contributed by atoms with Crippen molar-refractivity contribution in [3.63, 3.8) is 0 Å². The summed E-state index contributed by atoms with van der Waals surface area (Å²) in [5.41, 5.74) is 3.51. The number of halogens is 1. The van der Waals surface area contributed by atoms with Gasteiger partial charge in [0.25, 0.3) is 11.8 Å². The first-order chi connectivity index (χ1) is 14.6. The number of carbonyl (C=O) groups excluding carboxylic acids is 2. The molecule has 0 radical (unpaired) electrons. The number of rotatable bonds is 5. The third-order valence-electron chi connectivity index (χ3n) is 5.22. The van der Waals surface area contributed by atoms with E-state index in [4.69, 9.17) is 4.74 Å². The van der Waals surface area contributed by atoms with Crippen molar-refractivity contribution in [3.8, 4) is 5.75 Å². The van der Waals surface area contributed by atoms with Crippen LogP contribution in [0.5, 0.6) is 5.75 Å². The lowest BCUT2D eigenvalue weighted by atomic mass is 10.0. The topological polar surface area (TPSA) is 58.6 Å². The minimum atomic E-state index is -0.385. The quantitative estimate of drug-likeness (QED) is 0.700. The number of carbonyl (C=O) groups is 2. The first-order valence-electron chi connectivity index (χ1n) is 9.67. The summed E-state index contributed by atoms with van der Waals surface area (Å²) in [6, 6.07) is 18.4. The molecular formula is C24H21FN2O3. The van der Waals surface area contributed by atoms with Gasteiger partial charge >= 0.3 is 0 Å². The zero-order valence-electron chi connectivity index (χ0n) is 16.5. The maximum atomic E-state index is 13.2. The van der Waals surface area contributed by atoms with E-state index < -0.39 is 0 Å². The first-order valence-corrected chi connectivity index (χ1v) is 9.67. The lowest BCUT2D eigenvalue weighted by Gasteiger charge is -2.18. The molecule has 0 unspecified atom stereocenters. The molecule has 0 saturated carbocycles. The van der Waals surface area contributed by atoms with Gasteiger partial charge in [-0.3, -0.25) is 9.59 Å². The summed E-state index contributed by atoms with van der Waals surface area (Å²) < 4.78 is 18.3. The molecular weight excluding hydrogens is 383 g/mol. The number of anilines is 1. The fraction of sp³-hybridized carbons (Fsp3) is 0.167. The fourth-order valence-corrected chi connectivity index (χ4v) is 3.63. The summed E-state index contributed by atoms with van der Waals surface area (Å²) in [6.07, 6.45) is 0.592. The highest BCUT2D eigenvalue weighted by Crippen LogP contribution is 2.32. The van der Waals surface area contributed by atoms with E-state index in [1.54, 1.807) is 24.1 Å². The summed E-state index contributed by atoms with van der Waals surface area (Å²) >= 11 is 0. The molecule has 3 aromatic rings. The van der Waals surface area contributed by atoms with Crippen molar-refractivity contribution in [2.24, 2.45) is 0 Å². The second-order valence-corrected chi connectivity index (χ2v) is 7.05. The summed E-state index contributed by atoms with van der Waals surface area (Å²) in [5.74, 6) is -0.00986. The van der Waals surface area contributed by atoms with Gasteiger partial charge in [0.05, 0.1) is 7.11 Å². The van der Waals surface area contributed by atoms with Crippen LogP contribution in [0.3, 0.4) is 0 Å². The summed E-state index contributed by atoms with van der Waals surface area (Å²) in [5, 5.41) is 2.94. The molecule has 0 spiro atoms. The van der Waals surface area contributed by atoms with Gasteiger partial charge in [-0.05, 0) is 66.1 Å². The van der Waals surface area contributed by atoms with Crippen LogP contribution in [0.2, 0.25) is 0 Å². The normalized spacial score (nSPS) is 12.4. The summed E-state index contributed by atoms with van der Waals surface area (Å²) in [4.78, 5) is 27.3. The molecule has 3 aromatic carbocycles. The van der Waals surface area contributed by atoms with Gasteiger partial charge in [-0.1, -0.05) is 18.2 Å². The van der Waals surface area contributed by atoms with E-state index in [2.05, 4.69) is 5.32 Å². The molecule has 0 aliphatic carbocycles. The van der Waals surface area contributed by atoms with Gasteiger partial charge in [0.15, 0.2) is 0 Å². The Hall–Kier alpha value is -3.67. The maximum Gasteiger partial charge on any atom is 0.258 e. The number of amides is 2. The molecule has 1 aliphatic rings. The Morgan fingerprint density at radius 3 is 2.47 bits per heavy atom.